The molecule has 2 aliphatic heterocycles. The van der Waals surface area contributed by atoms with Crippen LogP contribution in [-0.4, -0.2) is 63.8 Å². The Morgan fingerprint density at radius 2 is 1.84 bits per heavy atom. The predicted molar refractivity (Wildman–Crippen MR) is 141 cm³/mol. The molecule has 0 aromatic heterocycles. The van der Waals surface area contributed by atoms with Crippen LogP contribution in [0.2, 0.25) is 0 Å². The summed E-state index contributed by atoms with van der Waals surface area (Å²) in [6.45, 7) is 6.26. The van der Waals surface area contributed by atoms with Crippen molar-refractivity contribution in [3.63, 3.8) is 0 Å². The van der Waals surface area contributed by atoms with Crippen molar-refractivity contribution in [1.29, 1.82) is 0 Å². The summed E-state index contributed by atoms with van der Waals surface area (Å²) < 4.78 is 13.5. The Balaban J connectivity index is 1.41. The number of piperidine rings is 1. The molecule has 0 aliphatic carbocycles. The van der Waals surface area contributed by atoms with E-state index in [9.17, 15) is 23.6 Å². The molecule has 4 amide bonds. The average molecular weight is 524 g/mol. The summed E-state index contributed by atoms with van der Waals surface area (Å²) in [5, 5.41) is -0.411. The number of rotatable bonds is 7. The van der Waals surface area contributed by atoms with Gasteiger partial charge in [-0.1, -0.05) is 24.3 Å². The second kappa shape index (κ2) is 11.7. The first-order valence-corrected chi connectivity index (χ1v) is 13.3. The molecule has 37 heavy (non-hydrogen) atoms. The number of benzene rings is 2. The predicted octanol–water partition coefficient (Wildman–Crippen LogP) is 4.78. The van der Waals surface area contributed by atoms with Gasteiger partial charge in [0.05, 0.1) is 17.4 Å². The standard InChI is InChI=1S/C28H30FN3O4S/c1-3-30(4-2)26(34)22-8-6-14-31(18-22)25(33)21-12-10-19(11-13-21)16-24-27(35)32(28(36)37-24)17-20-7-5-9-23(29)15-20/h5,7,9-13,15-16,22H,3-4,6,8,14,17-18H2,1-2H3. The Bertz CT molecular complexity index is 1230. The fourth-order valence-corrected chi connectivity index (χ4v) is 5.51. The van der Waals surface area contributed by atoms with Crippen LogP contribution in [0.25, 0.3) is 6.08 Å². The SMILES string of the molecule is CCN(CC)C(=O)C1CCCN(C(=O)c2ccc(C=C3SC(=O)N(Cc4cccc(F)c4)C3=O)cc2)C1. The first-order chi connectivity index (χ1) is 17.8. The second-order valence-electron chi connectivity index (χ2n) is 9.12. The van der Waals surface area contributed by atoms with Gasteiger partial charge in [-0.15, -0.1) is 0 Å². The second-order valence-corrected chi connectivity index (χ2v) is 10.1. The number of imide groups is 1. The van der Waals surface area contributed by atoms with Crippen LogP contribution in [-0.2, 0) is 16.1 Å². The third-order valence-corrected chi connectivity index (χ3v) is 7.60. The number of amides is 4. The summed E-state index contributed by atoms with van der Waals surface area (Å²) in [4.78, 5) is 56.0. The number of hydrogen-bond donors (Lipinski definition) is 0. The van der Waals surface area contributed by atoms with Gasteiger partial charge >= 0.3 is 0 Å². The highest BCUT2D eigenvalue weighted by Gasteiger charge is 2.35. The highest BCUT2D eigenvalue weighted by atomic mass is 32.2. The van der Waals surface area contributed by atoms with E-state index >= 15 is 0 Å². The minimum atomic E-state index is -0.434. The van der Waals surface area contributed by atoms with Gasteiger partial charge in [0.25, 0.3) is 17.1 Å². The third kappa shape index (κ3) is 6.10. The number of hydrogen-bond acceptors (Lipinski definition) is 5. The normalized spacial score (nSPS) is 19.0. The Hall–Kier alpha value is -3.46. The monoisotopic (exact) mass is 523 g/mol. The first-order valence-electron chi connectivity index (χ1n) is 12.5. The maximum Gasteiger partial charge on any atom is 0.293 e. The molecule has 2 aromatic rings. The maximum atomic E-state index is 13.5. The molecule has 4 rings (SSSR count). The van der Waals surface area contributed by atoms with Crippen LogP contribution in [0.3, 0.4) is 0 Å². The fourth-order valence-electron chi connectivity index (χ4n) is 4.67. The molecule has 2 aromatic carbocycles. The number of carbonyl (C=O) groups excluding carboxylic acids is 4. The molecule has 2 saturated heterocycles. The molecule has 0 N–H and O–H groups in total. The highest BCUT2D eigenvalue weighted by molar-refractivity contribution is 8.18. The van der Waals surface area contributed by atoms with Gasteiger partial charge in [-0.3, -0.25) is 24.1 Å². The van der Waals surface area contributed by atoms with Gasteiger partial charge in [-0.2, -0.15) is 0 Å². The van der Waals surface area contributed by atoms with E-state index < -0.39 is 17.0 Å². The zero-order valence-electron chi connectivity index (χ0n) is 21.0. The van der Waals surface area contributed by atoms with E-state index in [1.807, 2.05) is 18.7 Å². The molecule has 7 nitrogen and oxygen atoms in total. The van der Waals surface area contributed by atoms with Crippen LogP contribution in [0.15, 0.2) is 53.4 Å². The molecule has 0 saturated carbocycles. The van der Waals surface area contributed by atoms with Gasteiger partial charge in [0.15, 0.2) is 0 Å². The van der Waals surface area contributed by atoms with E-state index in [1.54, 1.807) is 41.3 Å². The summed E-state index contributed by atoms with van der Waals surface area (Å²) in [6, 6.07) is 12.7. The van der Waals surface area contributed by atoms with E-state index in [1.165, 1.54) is 18.2 Å². The summed E-state index contributed by atoms with van der Waals surface area (Å²) in [7, 11) is 0. The molecule has 2 fully saturated rings. The number of halogens is 1. The van der Waals surface area contributed by atoms with Gasteiger partial charge in [-0.05, 0) is 79.9 Å². The van der Waals surface area contributed by atoms with Crippen LogP contribution in [0.5, 0.6) is 0 Å². The maximum absolute atomic E-state index is 13.5. The van der Waals surface area contributed by atoms with E-state index in [4.69, 9.17) is 0 Å². The number of thioether (sulfide) groups is 1. The summed E-state index contributed by atoms with van der Waals surface area (Å²) in [5.74, 6) is -1.06. The Morgan fingerprint density at radius 1 is 1.11 bits per heavy atom. The minimum Gasteiger partial charge on any atom is -0.343 e. The lowest BCUT2D eigenvalue weighted by Gasteiger charge is -2.34. The van der Waals surface area contributed by atoms with E-state index in [2.05, 4.69) is 0 Å². The lowest BCUT2D eigenvalue weighted by Crippen LogP contribution is -2.46. The molecule has 2 aliphatic rings. The van der Waals surface area contributed by atoms with Crippen molar-refractivity contribution in [2.75, 3.05) is 26.2 Å². The first kappa shape index (κ1) is 26.6. The zero-order chi connectivity index (χ0) is 26.5. The highest BCUT2D eigenvalue weighted by Crippen LogP contribution is 2.33. The van der Waals surface area contributed by atoms with Gasteiger partial charge in [0.2, 0.25) is 5.91 Å². The smallest absolute Gasteiger partial charge is 0.293 e. The van der Waals surface area contributed by atoms with E-state index in [0.29, 0.717) is 42.9 Å². The van der Waals surface area contributed by atoms with E-state index in [-0.39, 0.29) is 29.2 Å². The van der Waals surface area contributed by atoms with Gasteiger partial charge in [0, 0.05) is 31.7 Å². The topological polar surface area (TPSA) is 78.0 Å². The summed E-state index contributed by atoms with van der Waals surface area (Å²) in [6.07, 6.45) is 3.18. The summed E-state index contributed by atoms with van der Waals surface area (Å²) >= 11 is 0.836. The van der Waals surface area contributed by atoms with Gasteiger partial charge in [-0.25, -0.2) is 4.39 Å². The lowest BCUT2D eigenvalue weighted by atomic mass is 9.95. The van der Waals surface area contributed by atoms with Crippen molar-refractivity contribution < 1.29 is 23.6 Å². The third-order valence-electron chi connectivity index (χ3n) is 6.69. The minimum absolute atomic E-state index is 0.000804. The molecule has 0 radical (unpaired) electrons. The van der Waals surface area contributed by atoms with Crippen molar-refractivity contribution in [1.82, 2.24) is 14.7 Å². The molecule has 0 spiro atoms. The summed E-state index contributed by atoms with van der Waals surface area (Å²) in [5.41, 5.74) is 1.72. The molecule has 1 atom stereocenters. The van der Waals surface area contributed by atoms with Crippen molar-refractivity contribution in [3.8, 4) is 0 Å². The molecular formula is C28H30FN3O4S. The van der Waals surface area contributed by atoms with Crippen LogP contribution >= 0.6 is 11.8 Å². The van der Waals surface area contributed by atoms with Crippen LogP contribution in [0.4, 0.5) is 9.18 Å². The molecular weight excluding hydrogens is 493 g/mol. The van der Waals surface area contributed by atoms with Crippen molar-refractivity contribution in [2.45, 2.75) is 33.2 Å². The molecule has 194 valence electrons. The van der Waals surface area contributed by atoms with Crippen molar-refractivity contribution in [2.24, 2.45) is 5.92 Å². The van der Waals surface area contributed by atoms with Crippen LogP contribution < -0.4 is 0 Å². The van der Waals surface area contributed by atoms with Crippen LogP contribution in [0.1, 0.15) is 48.2 Å². The molecule has 1 unspecified atom stereocenters. The van der Waals surface area contributed by atoms with E-state index in [0.717, 1.165) is 29.5 Å². The Morgan fingerprint density at radius 3 is 2.51 bits per heavy atom. The van der Waals surface area contributed by atoms with Gasteiger partial charge < -0.3 is 9.80 Å². The molecule has 0 bridgehead atoms. The van der Waals surface area contributed by atoms with Crippen LogP contribution in [0, 0.1) is 11.7 Å². The number of nitrogens with zero attached hydrogens (tertiary/aromatic N) is 3. The number of carbonyl (C=O) groups is 4. The largest absolute Gasteiger partial charge is 0.343 e. The lowest BCUT2D eigenvalue weighted by molar-refractivity contribution is -0.136. The zero-order valence-corrected chi connectivity index (χ0v) is 21.8. The molecule has 2 heterocycles. The van der Waals surface area contributed by atoms with Gasteiger partial charge in [0.1, 0.15) is 5.82 Å². The molecule has 9 heteroatoms. The van der Waals surface area contributed by atoms with Crippen molar-refractivity contribution >= 4 is 40.8 Å². The Kier molecular flexibility index (Phi) is 8.43. The quantitative estimate of drug-likeness (QED) is 0.488. The number of likely N-dealkylation sites (tertiary alicyclic amines) is 1. The Labute approximate surface area is 220 Å². The average Bonchev–Trinajstić information content (AvgIpc) is 3.16. The van der Waals surface area contributed by atoms with Crippen molar-refractivity contribution in [3.05, 3.63) is 75.9 Å². The fraction of sp³-hybridized carbons (Fsp3) is 0.357.